The summed E-state index contributed by atoms with van der Waals surface area (Å²) in [4.78, 5) is 15.9. The van der Waals surface area contributed by atoms with Crippen molar-refractivity contribution in [2.24, 2.45) is 0 Å². The van der Waals surface area contributed by atoms with Gasteiger partial charge in [0.15, 0.2) is 5.13 Å². The molecular formula is C17H25N3O2S. The highest BCUT2D eigenvalue weighted by molar-refractivity contribution is 7.14. The molecule has 2 aromatic rings. The molecule has 0 saturated carbocycles. The summed E-state index contributed by atoms with van der Waals surface area (Å²) in [5.74, 6) is -0.156. The first-order valence-corrected chi connectivity index (χ1v) is 8.76. The van der Waals surface area contributed by atoms with E-state index in [1.54, 1.807) is 11.3 Å². The second-order valence-electron chi connectivity index (χ2n) is 5.95. The number of esters is 1. The van der Waals surface area contributed by atoms with Gasteiger partial charge in [-0.2, -0.15) is 0 Å². The number of carbonyl (C=O) groups excluding carboxylic acids is 1. The Labute approximate surface area is 141 Å². The molecule has 0 aromatic carbocycles. The van der Waals surface area contributed by atoms with E-state index < -0.39 is 0 Å². The van der Waals surface area contributed by atoms with Crippen LogP contribution in [0.15, 0.2) is 11.4 Å². The van der Waals surface area contributed by atoms with Crippen molar-refractivity contribution < 1.29 is 9.53 Å². The Morgan fingerprint density at radius 1 is 1.43 bits per heavy atom. The van der Waals surface area contributed by atoms with Crippen LogP contribution in [0, 0.1) is 13.8 Å². The predicted molar refractivity (Wildman–Crippen MR) is 95.0 cm³/mol. The number of ether oxygens (including phenoxy) is 1. The van der Waals surface area contributed by atoms with Gasteiger partial charge >= 0.3 is 5.97 Å². The third-order valence-corrected chi connectivity index (χ3v) is 4.53. The maximum atomic E-state index is 11.2. The van der Waals surface area contributed by atoms with Gasteiger partial charge in [-0.3, -0.25) is 4.79 Å². The largest absolute Gasteiger partial charge is 0.469 e. The third-order valence-electron chi connectivity index (χ3n) is 3.76. The molecule has 1 N–H and O–H groups in total. The molecule has 0 radical (unpaired) electrons. The van der Waals surface area contributed by atoms with Gasteiger partial charge in [0, 0.05) is 41.3 Å². The van der Waals surface area contributed by atoms with E-state index >= 15 is 0 Å². The van der Waals surface area contributed by atoms with Gasteiger partial charge in [0.2, 0.25) is 0 Å². The van der Waals surface area contributed by atoms with Gasteiger partial charge in [0.25, 0.3) is 0 Å². The Kier molecular flexibility index (Phi) is 5.82. The molecule has 0 unspecified atom stereocenters. The monoisotopic (exact) mass is 335 g/mol. The first-order valence-electron chi connectivity index (χ1n) is 7.88. The summed E-state index contributed by atoms with van der Waals surface area (Å²) in [5, 5.41) is 6.38. The maximum absolute atomic E-state index is 11.2. The number of aromatic nitrogens is 2. The van der Waals surface area contributed by atoms with E-state index in [9.17, 15) is 4.79 Å². The van der Waals surface area contributed by atoms with Crippen molar-refractivity contribution in [2.75, 3.05) is 12.4 Å². The highest BCUT2D eigenvalue weighted by Crippen LogP contribution is 2.30. The molecular weight excluding hydrogens is 310 g/mol. The van der Waals surface area contributed by atoms with Crippen molar-refractivity contribution in [1.29, 1.82) is 0 Å². The summed E-state index contributed by atoms with van der Waals surface area (Å²) < 4.78 is 6.94. The predicted octanol–water partition coefficient (Wildman–Crippen LogP) is 4.00. The van der Waals surface area contributed by atoms with Gasteiger partial charge < -0.3 is 14.6 Å². The van der Waals surface area contributed by atoms with E-state index in [2.05, 4.69) is 54.0 Å². The highest BCUT2D eigenvalue weighted by Gasteiger charge is 2.14. The topological polar surface area (TPSA) is 56.1 Å². The number of hydrogen-bond acceptors (Lipinski definition) is 5. The molecule has 5 nitrogen and oxygen atoms in total. The second kappa shape index (κ2) is 7.64. The molecule has 0 bridgehead atoms. The standard InChI is InChI=1S/C17H25N3O2S/c1-11(2)18-17-19-15(10-23-17)14-9-12(3)20(13(14)4)8-6-7-16(21)22-5/h9-11H,6-8H2,1-5H3,(H,18,19). The van der Waals surface area contributed by atoms with Gasteiger partial charge in [-0.1, -0.05) is 0 Å². The van der Waals surface area contributed by atoms with Crippen LogP contribution in [0.1, 0.15) is 38.1 Å². The van der Waals surface area contributed by atoms with E-state index in [1.807, 2.05) is 0 Å². The lowest BCUT2D eigenvalue weighted by Crippen LogP contribution is -2.09. The lowest BCUT2D eigenvalue weighted by Gasteiger charge is -2.09. The molecule has 0 saturated heterocycles. The van der Waals surface area contributed by atoms with E-state index in [1.165, 1.54) is 18.5 Å². The van der Waals surface area contributed by atoms with Crippen LogP contribution in [0.25, 0.3) is 11.3 Å². The van der Waals surface area contributed by atoms with Crippen LogP contribution in [-0.4, -0.2) is 28.7 Å². The lowest BCUT2D eigenvalue weighted by molar-refractivity contribution is -0.140. The number of carbonyl (C=O) groups is 1. The van der Waals surface area contributed by atoms with Gasteiger partial charge in [-0.15, -0.1) is 11.3 Å². The normalized spacial score (nSPS) is 11.0. The fraction of sp³-hybridized carbons (Fsp3) is 0.529. The van der Waals surface area contributed by atoms with Crippen molar-refractivity contribution in [1.82, 2.24) is 9.55 Å². The van der Waals surface area contributed by atoms with E-state index in [0.29, 0.717) is 12.5 Å². The molecule has 0 aliphatic heterocycles. The fourth-order valence-corrected chi connectivity index (χ4v) is 3.46. The van der Waals surface area contributed by atoms with Crippen molar-refractivity contribution in [3.8, 4) is 11.3 Å². The summed E-state index contributed by atoms with van der Waals surface area (Å²) in [5.41, 5.74) is 4.54. The van der Waals surface area contributed by atoms with Crippen LogP contribution in [-0.2, 0) is 16.1 Å². The highest BCUT2D eigenvalue weighted by atomic mass is 32.1. The van der Waals surface area contributed by atoms with Crippen LogP contribution in [0.2, 0.25) is 0 Å². The molecule has 126 valence electrons. The second-order valence-corrected chi connectivity index (χ2v) is 6.81. The molecule has 6 heteroatoms. The van der Waals surface area contributed by atoms with Gasteiger partial charge in [-0.05, 0) is 40.2 Å². The minimum absolute atomic E-state index is 0.156. The molecule has 0 spiro atoms. The number of anilines is 1. The van der Waals surface area contributed by atoms with Gasteiger partial charge in [0.05, 0.1) is 12.8 Å². The summed E-state index contributed by atoms with van der Waals surface area (Å²) in [6, 6.07) is 2.54. The molecule has 2 heterocycles. The van der Waals surface area contributed by atoms with Crippen LogP contribution in [0.3, 0.4) is 0 Å². The Hall–Kier alpha value is -1.82. The smallest absolute Gasteiger partial charge is 0.305 e. The summed E-state index contributed by atoms with van der Waals surface area (Å²) in [7, 11) is 1.43. The minimum atomic E-state index is -0.156. The molecule has 0 fully saturated rings. The average Bonchev–Trinajstić information content (AvgIpc) is 3.05. The van der Waals surface area contributed by atoms with E-state index in [-0.39, 0.29) is 5.97 Å². The number of thiazole rings is 1. The lowest BCUT2D eigenvalue weighted by atomic mass is 10.2. The number of methoxy groups -OCH3 is 1. The zero-order valence-electron chi connectivity index (χ0n) is 14.5. The molecule has 0 aliphatic rings. The zero-order chi connectivity index (χ0) is 17.0. The SMILES string of the molecule is COC(=O)CCCn1c(C)cc(-c2csc(NC(C)C)n2)c1C. The fourth-order valence-electron chi connectivity index (χ4n) is 2.60. The number of nitrogens with one attached hydrogen (secondary N) is 1. The Morgan fingerprint density at radius 3 is 2.83 bits per heavy atom. The minimum Gasteiger partial charge on any atom is -0.469 e. The molecule has 0 atom stereocenters. The molecule has 2 rings (SSSR count). The zero-order valence-corrected chi connectivity index (χ0v) is 15.3. The molecule has 0 amide bonds. The average molecular weight is 335 g/mol. The van der Waals surface area contributed by atoms with Crippen molar-refractivity contribution in [2.45, 2.75) is 53.1 Å². The van der Waals surface area contributed by atoms with Crippen LogP contribution < -0.4 is 5.32 Å². The molecule has 2 aromatic heterocycles. The number of rotatable bonds is 7. The Morgan fingerprint density at radius 2 is 2.17 bits per heavy atom. The van der Waals surface area contributed by atoms with Crippen molar-refractivity contribution in [3.05, 3.63) is 22.8 Å². The number of aryl methyl sites for hydroxylation is 1. The van der Waals surface area contributed by atoms with Crippen molar-refractivity contribution >= 4 is 22.4 Å². The van der Waals surface area contributed by atoms with Gasteiger partial charge in [-0.25, -0.2) is 4.98 Å². The Bertz CT molecular complexity index is 673. The first kappa shape index (κ1) is 17.5. The van der Waals surface area contributed by atoms with Crippen LogP contribution >= 0.6 is 11.3 Å². The third kappa shape index (κ3) is 4.34. The van der Waals surface area contributed by atoms with Crippen LogP contribution in [0.5, 0.6) is 0 Å². The van der Waals surface area contributed by atoms with Gasteiger partial charge in [0.1, 0.15) is 0 Å². The quantitative estimate of drug-likeness (QED) is 0.777. The van der Waals surface area contributed by atoms with E-state index in [4.69, 9.17) is 4.74 Å². The summed E-state index contributed by atoms with van der Waals surface area (Å²) in [6.07, 6.45) is 1.22. The van der Waals surface area contributed by atoms with E-state index in [0.717, 1.165) is 29.4 Å². The summed E-state index contributed by atoms with van der Waals surface area (Å²) >= 11 is 1.63. The maximum Gasteiger partial charge on any atom is 0.305 e. The Balaban J connectivity index is 2.13. The number of nitrogens with zero attached hydrogens (tertiary/aromatic N) is 2. The molecule has 0 aliphatic carbocycles. The number of hydrogen-bond donors (Lipinski definition) is 1. The van der Waals surface area contributed by atoms with Crippen molar-refractivity contribution in [3.63, 3.8) is 0 Å². The first-order chi connectivity index (χ1) is 10.9. The van der Waals surface area contributed by atoms with Crippen LogP contribution in [0.4, 0.5) is 5.13 Å². The summed E-state index contributed by atoms with van der Waals surface area (Å²) in [6.45, 7) is 9.22. The molecule has 23 heavy (non-hydrogen) atoms.